The van der Waals surface area contributed by atoms with Crippen molar-refractivity contribution < 1.29 is 14.1 Å². The summed E-state index contributed by atoms with van der Waals surface area (Å²) in [6.45, 7) is 1.70. The van der Waals surface area contributed by atoms with Gasteiger partial charge in [-0.25, -0.2) is 9.36 Å². The SMILES string of the molecule is C[n+]1ccn(C(=O)N2CCOc3ccccc3C2)c1. The molecule has 19 heavy (non-hydrogen) atoms. The number of carbonyl (C=O) groups excluding carboxylic acids is 1. The first-order valence-electron chi connectivity index (χ1n) is 6.27. The third kappa shape index (κ3) is 2.31. The molecular formula is C14H16N3O2+. The standard InChI is InChI=1S/C14H16N3O2/c1-15-6-7-17(11-15)14(18)16-8-9-19-13-5-3-2-4-12(13)10-16/h2-7,11H,8-10H2,1H3/q+1. The van der Waals surface area contributed by atoms with Crippen molar-refractivity contribution in [2.75, 3.05) is 13.2 Å². The van der Waals surface area contributed by atoms with Crippen molar-refractivity contribution in [3.05, 3.63) is 48.5 Å². The molecule has 1 aliphatic rings. The molecule has 0 radical (unpaired) electrons. The van der Waals surface area contributed by atoms with E-state index in [4.69, 9.17) is 4.74 Å². The summed E-state index contributed by atoms with van der Waals surface area (Å²) in [7, 11) is 1.89. The lowest BCUT2D eigenvalue weighted by atomic mass is 10.2. The minimum Gasteiger partial charge on any atom is -0.491 e. The summed E-state index contributed by atoms with van der Waals surface area (Å²) >= 11 is 0. The Labute approximate surface area is 111 Å². The summed E-state index contributed by atoms with van der Waals surface area (Å²) in [4.78, 5) is 14.2. The average Bonchev–Trinajstić information content (AvgIpc) is 2.74. The monoisotopic (exact) mass is 258 g/mol. The van der Waals surface area contributed by atoms with E-state index >= 15 is 0 Å². The van der Waals surface area contributed by atoms with E-state index in [1.807, 2.05) is 42.1 Å². The number of fused-ring (bicyclic) bond motifs is 1. The molecule has 2 aromatic rings. The number of carbonyl (C=O) groups is 1. The first-order valence-corrected chi connectivity index (χ1v) is 6.27. The van der Waals surface area contributed by atoms with Crippen molar-refractivity contribution in [1.82, 2.24) is 9.47 Å². The highest BCUT2D eigenvalue weighted by atomic mass is 16.5. The van der Waals surface area contributed by atoms with Crippen LogP contribution in [-0.4, -0.2) is 28.6 Å². The molecule has 0 bridgehead atoms. The van der Waals surface area contributed by atoms with E-state index in [9.17, 15) is 4.79 Å². The minimum atomic E-state index is -0.0269. The fourth-order valence-electron chi connectivity index (χ4n) is 2.22. The lowest BCUT2D eigenvalue weighted by molar-refractivity contribution is -0.670. The summed E-state index contributed by atoms with van der Waals surface area (Å²) < 4.78 is 9.10. The first kappa shape index (κ1) is 11.8. The molecule has 0 atom stereocenters. The fourth-order valence-corrected chi connectivity index (χ4v) is 2.22. The van der Waals surface area contributed by atoms with E-state index < -0.39 is 0 Å². The number of hydrogen-bond donors (Lipinski definition) is 0. The zero-order valence-corrected chi connectivity index (χ0v) is 10.8. The number of imidazole rings is 1. The molecule has 1 aromatic carbocycles. The maximum atomic E-state index is 12.4. The highest BCUT2D eigenvalue weighted by Crippen LogP contribution is 2.22. The Balaban J connectivity index is 1.84. The van der Waals surface area contributed by atoms with Gasteiger partial charge in [0.05, 0.1) is 20.1 Å². The molecule has 98 valence electrons. The second-order valence-electron chi connectivity index (χ2n) is 4.65. The molecule has 0 saturated carbocycles. The maximum Gasteiger partial charge on any atom is 0.416 e. The number of ether oxygens (including phenoxy) is 1. The van der Waals surface area contributed by atoms with Crippen LogP contribution in [0.2, 0.25) is 0 Å². The normalized spacial score (nSPS) is 14.5. The van der Waals surface area contributed by atoms with Crippen LogP contribution >= 0.6 is 0 Å². The van der Waals surface area contributed by atoms with Crippen LogP contribution in [0.25, 0.3) is 0 Å². The number of aryl methyl sites for hydroxylation is 1. The van der Waals surface area contributed by atoms with Gasteiger partial charge in [-0.1, -0.05) is 18.2 Å². The summed E-state index contributed by atoms with van der Waals surface area (Å²) in [6, 6.07) is 7.82. The number of aromatic nitrogens is 2. The van der Waals surface area contributed by atoms with Crippen LogP contribution in [-0.2, 0) is 13.6 Å². The predicted molar refractivity (Wildman–Crippen MR) is 68.7 cm³/mol. The highest BCUT2D eigenvalue weighted by molar-refractivity contribution is 5.76. The van der Waals surface area contributed by atoms with Gasteiger partial charge in [0.15, 0.2) is 0 Å². The Hall–Kier alpha value is -2.30. The maximum absolute atomic E-state index is 12.4. The smallest absolute Gasteiger partial charge is 0.416 e. The zero-order valence-electron chi connectivity index (χ0n) is 10.8. The van der Waals surface area contributed by atoms with Crippen molar-refractivity contribution >= 4 is 6.03 Å². The van der Waals surface area contributed by atoms with Gasteiger partial charge in [-0.3, -0.25) is 4.90 Å². The van der Waals surface area contributed by atoms with Crippen LogP contribution in [0.3, 0.4) is 0 Å². The second-order valence-corrected chi connectivity index (χ2v) is 4.65. The quantitative estimate of drug-likeness (QED) is 0.665. The molecule has 1 aliphatic heterocycles. The predicted octanol–water partition coefficient (Wildman–Crippen LogP) is 1.18. The van der Waals surface area contributed by atoms with Gasteiger partial charge in [0, 0.05) is 5.56 Å². The van der Waals surface area contributed by atoms with E-state index in [2.05, 4.69) is 0 Å². The number of rotatable bonds is 0. The van der Waals surface area contributed by atoms with Crippen molar-refractivity contribution in [3.63, 3.8) is 0 Å². The van der Waals surface area contributed by atoms with Gasteiger partial charge in [0.2, 0.25) is 0 Å². The Morgan fingerprint density at radius 2 is 2.21 bits per heavy atom. The summed E-state index contributed by atoms with van der Waals surface area (Å²) in [6.07, 6.45) is 5.38. The van der Waals surface area contributed by atoms with Crippen molar-refractivity contribution in [2.24, 2.45) is 7.05 Å². The van der Waals surface area contributed by atoms with Crippen molar-refractivity contribution in [3.8, 4) is 5.75 Å². The topological polar surface area (TPSA) is 38.3 Å². The highest BCUT2D eigenvalue weighted by Gasteiger charge is 2.24. The third-order valence-corrected chi connectivity index (χ3v) is 3.21. The van der Waals surface area contributed by atoms with Crippen LogP contribution in [0.1, 0.15) is 5.56 Å². The molecule has 1 aromatic heterocycles. The van der Waals surface area contributed by atoms with Crippen LogP contribution in [0.4, 0.5) is 4.79 Å². The molecule has 0 N–H and O–H groups in total. The lowest BCUT2D eigenvalue weighted by Gasteiger charge is -2.16. The van der Waals surface area contributed by atoms with E-state index in [1.54, 1.807) is 22.0 Å². The summed E-state index contributed by atoms with van der Waals surface area (Å²) in [5, 5.41) is 0. The molecule has 0 spiro atoms. The molecule has 0 saturated heterocycles. The van der Waals surface area contributed by atoms with E-state index in [1.165, 1.54) is 0 Å². The van der Waals surface area contributed by atoms with E-state index in [-0.39, 0.29) is 6.03 Å². The summed E-state index contributed by atoms with van der Waals surface area (Å²) in [5.41, 5.74) is 1.05. The number of hydrogen-bond acceptors (Lipinski definition) is 2. The zero-order chi connectivity index (χ0) is 13.2. The largest absolute Gasteiger partial charge is 0.491 e. The van der Waals surface area contributed by atoms with Gasteiger partial charge in [-0.05, 0) is 6.07 Å². The van der Waals surface area contributed by atoms with Crippen LogP contribution in [0, 0.1) is 0 Å². The molecule has 5 nitrogen and oxygen atoms in total. The number of nitrogens with zero attached hydrogens (tertiary/aromatic N) is 3. The van der Waals surface area contributed by atoms with Gasteiger partial charge in [-0.2, -0.15) is 4.57 Å². The van der Waals surface area contributed by atoms with Gasteiger partial charge in [0.25, 0.3) is 6.33 Å². The molecule has 0 fully saturated rings. The van der Waals surface area contributed by atoms with Gasteiger partial charge in [-0.15, -0.1) is 0 Å². The number of amides is 1. The Bertz CT molecular complexity index is 606. The molecule has 0 unspecified atom stereocenters. The molecule has 1 amide bonds. The van der Waals surface area contributed by atoms with Crippen molar-refractivity contribution in [2.45, 2.75) is 6.54 Å². The fraction of sp³-hybridized carbons (Fsp3) is 0.286. The van der Waals surface area contributed by atoms with Crippen molar-refractivity contribution in [1.29, 1.82) is 0 Å². The molecular weight excluding hydrogens is 242 g/mol. The molecule has 5 heteroatoms. The third-order valence-electron chi connectivity index (χ3n) is 3.21. The van der Waals surface area contributed by atoms with Gasteiger partial charge < -0.3 is 4.74 Å². The van der Waals surface area contributed by atoms with E-state index in [0.29, 0.717) is 19.7 Å². The second kappa shape index (κ2) is 4.76. The molecule has 0 aliphatic carbocycles. The number of para-hydroxylation sites is 1. The Morgan fingerprint density at radius 1 is 1.37 bits per heavy atom. The van der Waals surface area contributed by atoms with E-state index in [0.717, 1.165) is 11.3 Å². The van der Waals surface area contributed by atoms with Crippen LogP contribution < -0.4 is 9.30 Å². The molecule has 2 heterocycles. The van der Waals surface area contributed by atoms with Gasteiger partial charge >= 0.3 is 6.03 Å². The van der Waals surface area contributed by atoms with Crippen LogP contribution in [0.5, 0.6) is 5.75 Å². The summed E-state index contributed by atoms with van der Waals surface area (Å²) in [5.74, 6) is 0.871. The lowest BCUT2D eigenvalue weighted by Crippen LogP contribution is -2.36. The van der Waals surface area contributed by atoms with Crippen LogP contribution in [0.15, 0.2) is 43.0 Å². The first-order chi connectivity index (χ1) is 9.24. The Kier molecular flexibility index (Phi) is 2.95. The molecule has 3 rings (SSSR count). The average molecular weight is 258 g/mol. The minimum absolute atomic E-state index is 0.0269. The Morgan fingerprint density at radius 3 is 3.00 bits per heavy atom. The number of benzene rings is 1. The van der Waals surface area contributed by atoms with Gasteiger partial charge in [0.1, 0.15) is 24.8 Å².